The van der Waals surface area contributed by atoms with E-state index in [9.17, 15) is 0 Å². The second kappa shape index (κ2) is 38.6. The molecule has 0 atom stereocenters. The maximum absolute atomic E-state index is 5.46. The fraction of sp³-hybridized carbons (Fsp3) is 0.223. The van der Waals surface area contributed by atoms with Gasteiger partial charge in [-0.3, -0.25) is 0 Å². The van der Waals surface area contributed by atoms with Crippen LogP contribution in [0.25, 0.3) is 150 Å². The summed E-state index contributed by atoms with van der Waals surface area (Å²) in [6, 6.07) is 116. The molecule has 6 aromatic heterocycles. The van der Waals surface area contributed by atoms with Gasteiger partial charge in [0.2, 0.25) is 0 Å². The van der Waals surface area contributed by atoms with Crippen molar-refractivity contribution in [2.45, 2.75) is 134 Å². The fourth-order valence-electron chi connectivity index (χ4n) is 20.4. The van der Waals surface area contributed by atoms with E-state index in [1.54, 1.807) is 19.8 Å². The molecule has 11 heteroatoms. The molecular formula is C112H101Ir3N6O2-3. The number of para-hydroxylation sites is 3. The molecule has 123 heavy (non-hydrogen) atoms. The summed E-state index contributed by atoms with van der Waals surface area (Å²) in [4.78, 5) is 13.8. The molecular weight excluding hydrogens is 2040 g/mol. The Hall–Kier alpha value is -10.6. The summed E-state index contributed by atoms with van der Waals surface area (Å²) >= 11 is 0. The molecule has 0 unspecified atom stereocenters. The monoisotopic (exact) mass is 2140 g/mol. The van der Waals surface area contributed by atoms with Crippen LogP contribution in [0.1, 0.15) is 150 Å². The first kappa shape index (κ1) is 85.9. The summed E-state index contributed by atoms with van der Waals surface area (Å²) in [7, 11) is 3.60. The Kier molecular flexibility index (Phi) is 27.0. The summed E-state index contributed by atoms with van der Waals surface area (Å²) in [5.74, 6) is 0. The number of methoxy groups -OCH3 is 2. The molecule has 0 aliphatic heterocycles. The van der Waals surface area contributed by atoms with Gasteiger partial charge in [-0.2, -0.15) is 0 Å². The van der Waals surface area contributed by atoms with E-state index in [0.29, 0.717) is 0 Å². The molecule has 0 saturated heterocycles. The molecule has 0 bridgehead atoms. The number of nitrogens with zero attached hydrogens (tertiary/aromatic N) is 6. The van der Waals surface area contributed by atoms with E-state index in [2.05, 4.69) is 291 Å². The molecule has 21 rings (SSSR count). The predicted octanol–water partition coefficient (Wildman–Crippen LogP) is 28.6. The minimum atomic E-state index is -0.0491. The Morgan fingerprint density at radius 3 is 1.03 bits per heavy atom. The summed E-state index contributed by atoms with van der Waals surface area (Å²) < 4.78 is 18.2. The van der Waals surface area contributed by atoms with Crippen molar-refractivity contribution < 1.29 is 69.8 Å². The van der Waals surface area contributed by atoms with Crippen LogP contribution >= 0.6 is 0 Å². The van der Waals surface area contributed by atoms with Gasteiger partial charge in [0.05, 0.1) is 33.1 Å². The fourth-order valence-corrected chi connectivity index (χ4v) is 20.4. The Bertz CT molecular complexity index is 6440. The normalized spacial score (nSPS) is 12.8. The van der Waals surface area contributed by atoms with Gasteiger partial charge in [-0.15, -0.1) is 89.5 Å². The second-order valence-electron chi connectivity index (χ2n) is 33.1. The maximum atomic E-state index is 5.46. The van der Waals surface area contributed by atoms with Crippen LogP contribution in [-0.2, 0) is 87.0 Å². The molecule has 621 valence electrons. The number of fused-ring (bicyclic) bond motifs is 18. The molecule has 0 amide bonds. The second-order valence-corrected chi connectivity index (χ2v) is 33.1. The van der Waals surface area contributed by atoms with Crippen LogP contribution in [0.15, 0.2) is 310 Å². The molecule has 0 fully saturated rings. The van der Waals surface area contributed by atoms with Crippen molar-refractivity contribution in [3.63, 3.8) is 0 Å². The van der Waals surface area contributed by atoms with Crippen molar-refractivity contribution in [1.29, 1.82) is 0 Å². The van der Waals surface area contributed by atoms with Crippen molar-refractivity contribution in [2.24, 2.45) is 0 Å². The number of ether oxygens (including phenoxy) is 2. The van der Waals surface area contributed by atoms with E-state index in [0.717, 1.165) is 109 Å². The van der Waals surface area contributed by atoms with Crippen LogP contribution in [0.3, 0.4) is 0 Å². The van der Waals surface area contributed by atoms with Crippen molar-refractivity contribution in [2.75, 3.05) is 27.4 Å². The number of unbranched alkanes of at least 4 members (excludes halogenated alkanes) is 8. The van der Waals surface area contributed by atoms with Gasteiger partial charge in [0.25, 0.3) is 0 Å². The van der Waals surface area contributed by atoms with Gasteiger partial charge in [0.15, 0.2) is 0 Å². The largest absolute Gasteiger partial charge is 0.385 e. The molecule has 12 aromatic carbocycles. The number of rotatable bonds is 26. The van der Waals surface area contributed by atoms with Crippen molar-refractivity contribution in [3.05, 3.63) is 361 Å². The number of hydrogen-bond acceptors (Lipinski definition) is 5. The molecule has 18 aromatic rings. The Balaban J connectivity index is 0.000000137. The zero-order valence-corrected chi connectivity index (χ0v) is 77.6. The SMILES string of the molecule is CCCCCCC1(CCCCCC)c2ccccc2-c2cc3c4ccccc4n(-c4cc[c-]c(-c5ccccn5)c4)c3cc21.COCCCCC1(CCCCOC)c2ccccc2-c2cc3c4ccccc4n(-c4cc[c-]c(-c5ccccn5)c4)c3cc21.[Ir].[Ir].[Ir].[c-]1ccc(-n2c3ccccc3c3cc4c(cc32)Cc2ccccc2-4)cc1-c1ccccn1. The van der Waals surface area contributed by atoms with Gasteiger partial charge in [-0.05, 0) is 231 Å². The van der Waals surface area contributed by atoms with Crippen LogP contribution in [-0.4, -0.2) is 56.1 Å². The van der Waals surface area contributed by atoms with Crippen molar-refractivity contribution >= 4 is 65.4 Å². The zero-order chi connectivity index (χ0) is 80.9. The minimum Gasteiger partial charge on any atom is -0.385 e. The predicted molar refractivity (Wildman–Crippen MR) is 498 cm³/mol. The van der Waals surface area contributed by atoms with Crippen LogP contribution in [0.5, 0.6) is 0 Å². The first-order valence-corrected chi connectivity index (χ1v) is 43.6. The third-order valence-electron chi connectivity index (χ3n) is 26.0. The number of aromatic nitrogens is 6. The van der Waals surface area contributed by atoms with E-state index >= 15 is 0 Å². The van der Waals surface area contributed by atoms with Gasteiger partial charge in [-0.1, -0.05) is 229 Å². The van der Waals surface area contributed by atoms with E-state index in [1.165, 1.54) is 191 Å². The number of benzene rings is 12. The van der Waals surface area contributed by atoms with Gasteiger partial charge >= 0.3 is 0 Å². The van der Waals surface area contributed by atoms with Crippen LogP contribution in [0.4, 0.5) is 0 Å². The van der Waals surface area contributed by atoms with E-state index < -0.39 is 0 Å². The van der Waals surface area contributed by atoms with Gasteiger partial charge in [0.1, 0.15) is 0 Å². The zero-order valence-electron chi connectivity index (χ0n) is 70.4. The average molecular weight is 2140 g/mol. The van der Waals surface area contributed by atoms with Gasteiger partial charge < -0.3 is 38.1 Å². The Labute approximate surface area is 764 Å². The molecule has 3 radical (unpaired) electrons. The van der Waals surface area contributed by atoms with Crippen molar-refractivity contribution in [3.8, 4) is 84.2 Å². The molecule has 0 N–H and O–H groups in total. The quantitative estimate of drug-likeness (QED) is 0.0399. The van der Waals surface area contributed by atoms with Crippen LogP contribution < -0.4 is 0 Å². The third-order valence-corrected chi connectivity index (χ3v) is 26.0. The first-order valence-electron chi connectivity index (χ1n) is 43.6. The first-order chi connectivity index (χ1) is 59.4. The number of hydrogen-bond donors (Lipinski definition) is 0. The minimum absolute atomic E-state index is 0. The van der Waals surface area contributed by atoms with E-state index in [1.807, 2.05) is 79.3 Å². The average Bonchev–Trinajstić information content (AvgIpc) is 1.55. The summed E-state index contributed by atoms with van der Waals surface area (Å²) in [5, 5.41) is 7.77. The van der Waals surface area contributed by atoms with Gasteiger partial charge in [0, 0.05) is 149 Å². The summed E-state index contributed by atoms with van der Waals surface area (Å²) in [6.45, 7) is 6.23. The maximum Gasteiger partial charge on any atom is 0.0527 e. The number of pyridine rings is 3. The van der Waals surface area contributed by atoms with Crippen LogP contribution in [0.2, 0.25) is 0 Å². The molecule has 0 spiro atoms. The van der Waals surface area contributed by atoms with Crippen molar-refractivity contribution in [1.82, 2.24) is 28.7 Å². The topological polar surface area (TPSA) is 71.9 Å². The smallest absolute Gasteiger partial charge is 0.0527 e. The third kappa shape index (κ3) is 16.4. The molecule has 6 heterocycles. The summed E-state index contributed by atoms with van der Waals surface area (Å²) in [6.07, 6.45) is 25.9. The molecule has 8 nitrogen and oxygen atoms in total. The van der Waals surface area contributed by atoms with E-state index in [4.69, 9.17) is 9.47 Å². The van der Waals surface area contributed by atoms with Gasteiger partial charge in [-0.25, -0.2) is 0 Å². The van der Waals surface area contributed by atoms with Crippen LogP contribution in [0, 0.1) is 18.2 Å². The standard InChI is InChI=1S/C42H43N2.C40H39N2O2.C30H19N2.3Ir/c1-3-5-7-14-25-42(26-15-8-6-4-2)37-22-11-9-20-33(37)35-29-36-34-21-10-12-24-40(34)44(41(36)30-38(35)42)32-19-17-18-31(28-32)39-23-13-16-27-43-39;1-43-24-11-8-21-40(22-9-12-25-44-2)35-18-5-3-16-31(35)33-27-34-32-17-4-6-20-38(32)42(39(34)28-36(33)40)30-15-13-14-29(26-30)37-19-7-10-23-41-37;1-2-11-24-20(8-1)16-22-18-30-27(19-26(22)24)25-12-3-4-14-29(25)32(30)23-10-7-9-21(17-23)28-13-5-6-15-31-28;;;/h9-13,16-17,19-24,27-30H,3-8,14-15,25-26H2,1-2H3;3-7,10,13,15-20,23,26-28H,8-9,11-12,21-22,24-25H2,1-2H3;1-8,10-15,17-19H,16H2;;;/q3*-1;;;. The molecule has 3 aliphatic rings. The Morgan fingerprint density at radius 2 is 0.642 bits per heavy atom. The van der Waals surface area contributed by atoms with E-state index in [-0.39, 0.29) is 71.1 Å². The molecule has 3 aliphatic carbocycles. The molecule has 0 saturated carbocycles. The summed E-state index contributed by atoms with van der Waals surface area (Å²) in [5.41, 5.74) is 33.9. The Morgan fingerprint density at radius 1 is 0.293 bits per heavy atom.